The molecule has 0 aliphatic carbocycles. The number of nitrogens with zero attached hydrogens (tertiary/aromatic N) is 2. The SMILES string of the molecule is C[C@H](CO)N1C[C@H](C)[C@H](CN(C)C(=O)Nc2cccc3ccccc23)Oc2ccc(NC(=O)Nc3ccccc3)cc2C1=O. The molecule has 0 aromatic heterocycles. The number of carbonyl (C=O) groups excluding carboxylic acids is 3. The van der Waals surface area contributed by atoms with Crippen LogP contribution in [0.4, 0.5) is 26.7 Å². The lowest BCUT2D eigenvalue weighted by molar-refractivity contribution is 0.0371. The molecule has 10 heteroatoms. The van der Waals surface area contributed by atoms with E-state index in [2.05, 4.69) is 16.0 Å². The average Bonchev–Trinajstić information content (AvgIpc) is 3.03. The molecule has 10 nitrogen and oxygen atoms in total. The van der Waals surface area contributed by atoms with Crippen LogP contribution in [0, 0.1) is 5.92 Å². The van der Waals surface area contributed by atoms with E-state index in [1.165, 1.54) is 0 Å². The second-order valence-electron chi connectivity index (χ2n) is 11.1. The van der Waals surface area contributed by atoms with Crippen LogP contribution in [-0.2, 0) is 0 Å². The van der Waals surface area contributed by atoms with E-state index in [9.17, 15) is 19.5 Å². The highest BCUT2D eigenvalue weighted by atomic mass is 16.5. The molecular formula is C34H37N5O5. The first kappa shape index (κ1) is 30.4. The van der Waals surface area contributed by atoms with Crippen LogP contribution in [0.25, 0.3) is 10.8 Å². The van der Waals surface area contributed by atoms with Crippen molar-refractivity contribution in [2.24, 2.45) is 5.92 Å². The number of carbonyl (C=O) groups is 3. The molecule has 44 heavy (non-hydrogen) atoms. The average molecular weight is 596 g/mol. The summed E-state index contributed by atoms with van der Waals surface area (Å²) in [7, 11) is 1.70. The topological polar surface area (TPSA) is 123 Å². The van der Waals surface area contributed by atoms with Gasteiger partial charge in [-0.3, -0.25) is 4.79 Å². The van der Waals surface area contributed by atoms with Crippen LogP contribution in [0.1, 0.15) is 24.2 Å². The van der Waals surface area contributed by atoms with Crippen LogP contribution >= 0.6 is 0 Å². The van der Waals surface area contributed by atoms with E-state index in [1.807, 2.05) is 67.6 Å². The number of rotatable bonds is 7. The van der Waals surface area contributed by atoms with Gasteiger partial charge in [0, 0.05) is 36.3 Å². The molecule has 5 rings (SSSR count). The molecular weight excluding hydrogens is 558 g/mol. The van der Waals surface area contributed by atoms with Crippen molar-refractivity contribution in [1.29, 1.82) is 0 Å². The maximum Gasteiger partial charge on any atom is 0.323 e. The van der Waals surface area contributed by atoms with Gasteiger partial charge in [0.25, 0.3) is 5.91 Å². The molecule has 4 aromatic rings. The molecule has 4 N–H and O–H groups in total. The van der Waals surface area contributed by atoms with Gasteiger partial charge in [0.05, 0.1) is 30.4 Å². The lowest BCUT2D eigenvalue weighted by atomic mass is 9.99. The smallest absolute Gasteiger partial charge is 0.323 e. The fourth-order valence-corrected chi connectivity index (χ4v) is 5.23. The standard InChI is InChI=1S/C34H37N5O5/c1-22-19-39(23(2)21-40)32(41)28-18-26(36-33(42)35-25-12-5-4-6-13-25)16-17-30(28)44-31(22)20-38(3)34(43)37-29-15-9-11-24-10-7-8-14-27(24)29/h4-18,22-23,31,40H,19-21H2,1-3H3,(H,37,43)(H2,35,36,42)/t22-,23+,31-/m0/s1. The van der Waals surface area contributed by atoms with Crippen molar-refractivity contribution in [1.82, 2.24) is 9.80 Å². The fourth-order valence-electron chi connectivity index (χ4n) is 5.23. The zero-order chi connectivity index (χ0) is 31.2. The second kappa shape index (κ2) is 13.5. The van der Waals surface area contributed by atoms with Gasteiger partial charge in [-0.15, -0.1) is 0 Å². The highest BCUT2D eigenvalue weighted by Crippen LogP contribution is 2.31. The fraction of sp³-hybridized carbons (Fsp3) is 0.265. The predicted molar refractivity (Wildman–Crippen MR) is 172 cm³/mol. The number of aliphatic hydroxyl groups is 1. The summed E-state index contributed by atoms with van der Waals surface area (Å²) >= 11 is 0. The summed E-state index contributed by atoms with van der Waals surface area (Å²) in [6.45, 7) is 4.06. The number of ether oxygens (including phenoxy) is 1. The lowest BCUT2D eigenvalue weighted by Gasteiger charge is -2.38. The van der Waals surface area contributed by atoms with Crippen molar-refractivity contribution in [2.45, 2.75) is 26.0 Å². The summed E-state index contributed by atoms with van der Waals surface area (Å²) in [6, 6.07) is 26.3. The molecule has 228 valence electrons. The van der Waals surface area contributed by atoms with E-state index in [4.69, 9.17) is 4.74 Å². The van der Waals surface area contributed by atoms with Gasteiger partial charge in [0.1, 0.15) is 11.9 Å². The van der Waals surface area contributed by atoms with Crippen LogP contribution in [0.2, 0.25) is 0 Å². The van der Waals surface area contributed by atoms with E-state index >= 15 is 0 Å². The Balaban J connectivity index is 1.36. The maximum absolute atomic E-state index is 13.7. The summed E-state index contributed by atoms with van der Waals surface area (Å²) in [5, 5.41) is 20.5. The Morgan fingerprint density at radius 2 is 1.66 bits per heavy atom. The third-order valence-electron chi connectivity index (χ3n) is 7.79. The Labute approximate surface area is 256 Å². The Hall–Kier alpha value is -5.09. The van der Waals surface area contributed by atoms with Gasteiger partial charge in [-0.05, 0) is 48.7 Å². The molecule has 0 saturated carbocycles. The minimum absolute atomic E-state index is 0.177. The summed E-state index contributed by atoms with van der Waals surface area (Å²) < 4.78 is 6.42. The van der Waals surface area contributed by atoms with Crippen LogP contribution in [0.5, 0.6) is 5.75 Å². The zero-order valence-electron chi connectivity index (χ0n) is 25.0. The van der Waals surface area contributed by atoms with Gasteiger partial charge in [-0.1, -0.05) is 61.5 Å². The van der Waals surface area contributed by atoms with Crippen molar-refractivity contribution in [2.75, 3.05) is 42.7 Å². The molecule has 4 aromatic carbocycles. The molecule has 0 fully saturated rings. The molecule has 5 amide bonds. The number of urea groups is 2. The lowest BCUT2D eigenvalue weighted by Crippen LogP contribution is -2.50. The van der Waals surface area contributed by atoms with Gasteiger partial charge < -0.3 is 35.6 Å². The maximum atomic E-state index is 13.7. The summed E-state index contributed by atoms with van der Waals surface area (Å²) in [5.41, 5.74) is 2.00. The Kier molecular flexibility index (Phi) is 9.30. The number of benzene rings is 4. The number of aliphatic hydroxyl groups excluding tert-OH is 1. The Bertz CT molecular complexity index is 1640. The Morgan fingerprint density at radius 1 is 0.955 bits per heavy atom. The number of likely N-dealkylation sites (N-methyl/N-ethyl adjacent to an activating group) is 1. The van der Waals surface area contributed by atoms with Crippen molar-refractivity contribution in [3.63, 3.8) is 0 Å². The van der Waals surface area contributed by atoms with Gasteiger partial charge in [0.15, 0.2) is 0 Å². The van der Waals surface area contributed by atoms with Crippen LogP contribution in [0.15, 0.2) is 91.0 Å². The Morgan fingerprint density at radius 3 is 2.43 bits per heavy atom. The summed E-state index contributed by atoms with van der Waals surface area (Å²) in [6.07, 6.45) is -0.473. The van der Waals surface area contributed by atoms with Crippen LogP contribution in [0.3, 0.4) is 0 Å². The highest BCUT2D eigenvalue weighted by Gasteiger charge is 2.34. The quantitative estimate of drug-likeness (QED) is 0.213. The second-order valence-corrected chi connectivity index (χ2v) is 11.1. The molecule has 0 spiro atoms. The molecule has 0 bridgehead atoms. The number of anilines is 3. The van der Waals surface area contributed by atoms with E-state index in [-0.39, 0.29) is 36.6 Å². The first-order valence-electron chi connectivity index (χ1n) is 14.6. The van der Waals surface area contributed by atoms with Crippen LogP contribution in [-0.4, -0.2) is 71.8 Å². The van der Waals surface area contributed by atoms with Gasteiger partial charge in [-0.25, -0.2) is 9.59 Å². The monoisotopic (exact) mass is 595 g/mol. The third kappa shape index (κ3) is 6.92. The van der Waals surface area contributed by atoms with Gasteiger partial charge in [0.2, 0.25) is 0 Å². The minimum atomic E-state index is -0.473. The van der Waals surface area contributed by atoms with Crippen molar-refractivity contribution in [3.05, 3.63) is 96.6 Å². The third-order valence-corrected chi connectivity index (χ3v) is 7.79. The van der Waals surface area contributed by atoms with E-state index in [0.29, 0.717) is 29.4 Å². The molecule has 1 aliphatic rings. The number of hydrogen-bond acceptors (Lipinski definition) is 5. The number of hydrogen-bond donors (Lipinski definition) is 4. The van der Waals surface area contributed by atoms with E-state index < -0.39 is 18.2 Å². The normalized spacial score (nSPS) is 17.0. The number of nitrogens with one attached hydrogen (secondary N) is 3. The van der Waals surface area contributed by atoms with Crippen LogP contribution < -0.4 is 20.7 Å². The van der Waals surface area contributed by atoms with E-state index in [0.717, 1.165) is 10.8 Å². The molecule has 0 unspecified atom stereocenters. The summed E-state index contributed by atoms with van der Waals surface area (Å²) in [5.74, 6) is -0.164. The largest absolute Gasteiger partial charge is 0.487 e. The first-order chi connectivity index (χ1) is 21.2. The molecule has 1 heterocycles. The highest BCUT2D eigenvalue weighted by molar-refractivity contribution is 6.03. The van der Waals surface area contributed by atoms with Gasteiger partial charge >= 0.3 is 12.1 Å². The molecule has 0 saturated heterocycles. The predicted octanol–water partition coefficient (Wildman–Crippen LogP) is 5.87. The van der Waals surface area contributed by atoms with Gasteiger partial charge in [-0.2, -0.15) is 0 Å². The molecule has 1 aliphatic heterocycles. The number of amides is 5. The molecule has 0 radical (unpaired) electrons. The minimum Gasteiger partial charge on any atom is -0.487 e. The van der Waals surface area contributed by atoms with Crippen molar-refractivity contribution in [3.8, 4) is 5.75 Å². The van der Waals surface area contributed by atoms with Crippen molar-refractivity contribution >= 4 is 45.8 Å². The number of fused-ring (bicyclic) bond motifs is 2. The zero-order valence-corrected chi connectivity index (χ0v) is 25.0. The van der Waals surface area contributed by atoms with E-state index in [1.54, 1.807) is 54.1 Å². The number of para-hydroxylation sites is 1. The first-order valence-corrected chi connectivity index (χ1v) is 14.6. The van der Waals surface area contributed by atoms with Crippen molar-refractivity contribution < 1.29 is 24.2 Å². The summed E-state index contributed by atoms with van der Waals surface area (Å²) in [4.78, 5) is 42.9. The molecule has 3 atom stereocenters.